The van der Waals surface area contributed by atoms with Crippen LogP contribution in [0.25, 0.3) is 0 Å². The lowest BCUT2D eigenvalue weighted by Gasteiger charge is -2.23. The van der Waals surface area contributed by atoms with Crippen molar-refractivity contribution in [3.8, 4) is 5.75 Å². The van der Waals surface area contributed by atoms with E-state index >= 15 is 0 Å². The quantitative estimate of drug-likeness (QED) is 0.824. The van der Waals surface area contributed by atoms with E-state index in [2.05, 4.69) is 5.32 Å². The van der Waals surface area contributed by atoms with E-state index in [1.54, 1.807) is 12.1 Å². The van der Waals surface area contributed by atoms with Gasteiger partial charge in [0.05, 0.1) is 0 Å². The number of para-hydroxylation sites is 1. The maximum absolute atomic E-state index is 13.0. The summed E-state index contributed by atoms with van der Waals surface area (Å²) in [5.41, 5.74) is 0.603. The lowest BCUT2D eigenvalue weighted by molar-refractivity contribution is 0.0775. The number of ether oxygens (including phenoxy) is 1. The lowest BCUT2D eigenvalue weighted by atomic mass is 10.1. The van der Waals surface area contributed by atoms with E-state index in [9.17, 15) is 9.50 Å². The Labute approximate surface area is 94.2 Å². The van der Waals surface area contributed by atoms with Crippen molar-refractivity contribution >= 4 is 0 Å². The molecule has 1 aliphatic heterocycles. The molecule has 3 nitrogen and oxygen atoms in total. The summed E-state index contributed by atoms with van der Waals surface area (Å²) in [6, 6.07) is 4.99. The Morgan fingerprint density at radius 3 is 2.88 bits per heavy atom. The third-order valence-electron chi connectivity index (χ3n) is 2.87. The summed E-state index contributed by atoms with van der Waals surface area (Å²) < 4.78 is 18.3. The Morgan fingerprint density at radius 1 is 1.38 bits per heavy atom. The molecule has 0 spiro atoms. The fourth-order valence-electron chi connectivity index (χ4n) is 1.86. The number of benzene rings is 1. The highest BCUT2D eigenvalue weighted by Gasteiger charge is 2.14. The predicted molar refractivity (Wildman–Crippen MR) is 58.7 cm³/mol. The van der Waals surface area contributed by atoms with Gasteiger partial charge in [-0.15, -0.1) is 0 Å². The number of halogens is 1. The molecule has 4 heteroatoms. The summed E-state index contributed by atoms with van der Waals surface area (Å²) in [6.45, 7) is 2.04. The maximum Gasteiger partial charge on any atom is 0.165 e. The molecule has 0 aromatic heterocycles. The molecule has 0 unspecified atom stereocenters. The van der Waals surface area contributed by atoms with Gasteiger partial charge in [0.25, 0.3) is 0 Å². The highest BCUT2D eigenvalue weighted by atomic mass is 19.1. The van der Waals surface area contributed by atoms with Gasteiger partial charge in [0.1, 0.15) is 0 Å². The van der Waals surface area contributed by atoms with Crippen LogP contribution in [0.4, 0.5) is 4.39 Å². The van der Waals surface area contributed by atoms with Crippen LogP contribution >= 0.6 is 0 Å². The van der Waals surface area contributed by atoms with Gasteiger partial charge < -0.3 is 15.2 Å². The standard InChI is InChI=1S/C12H16FNO2/c13-11-3-1-2-9(12(11)15)8-14-10-4-6-16-7-5-10/h1-3,10,14-15H,4-8H2. The number of nitrogens with one attached hydrogen (secondary N) is 1. The zero-order valence-corrected chi connectivity index (χ0v) is 9.08. The van der Waals surface area contributed by atoms with Gasteiger partial charge in [0, 0.05) is 31.4 Å². The summed E-state index contributed by atoms with van der Waals surface area (Å²) in [4.78, 5) is 0. The van der Waals surface area contributed by atoms with Crippen molar-refractivity contribution in [2.24, 2.45) is 0 Å². The molecule has 1 aliphatic rings. The first kappa shape index (κ1) is 11.4. The predicted octanol–water partition coefficient (Wildman–Crippen LogP) is 1.80. The number of phenols is 1. The molecular weight excluding hydrogens is 209 g/mol. The normalized spacial score (nSPS) is 17.6. The van der Waals surface area contributed by atoms with Crippen molar-refractivity contribution in [1.29, 1.82) is 0 Å². The molecule has 0 radical (unpaired) electrons. The van der Waals surface area contributed by atoms with Gasteiger partial charge in [0.15, 0.2) is 11.6 Å². The summed E-state index contributed by atoms with van der Waals surface area (Å²) in [5.74, 6) is -0.812. The molecule has 16 heavy (non-hydrogen) atoms. The summed E-state index contributed by atoms with van der Waals surface area (Å²) in [6.07, 6.45) is 1.94. The molecule has 1 aromatic carbocycles. The van der Waals surface area contributed by atoms with Crippen molar-refractivity contribution in [3.63, 3.8) is 0 Å². The molecular formula is C12H16FNO2. The molecule has 0 aliphatic carbocycles. The molecule has 1 fully saturated rings. The van der Waals surface area contributed by atoms with Crippen molar-refractivity contribution in [1.82, 2.24) is 5.32 Å². The third-order valence-corrected chi connectivity index (χ3v) is 2.87. The number of phenolic OH excluding ortho intramolecular Hbond substituents is 1. The number of hydrogen-bond donors (Lipinski definition) is 2. The minimum absolute atomic E-state index is 0.248. The molecule has 2 N–H and O–H groups in total. The van der Waals surface area contributed by atoms with Crippen LogP contribution in [0, 0.1) is 5.82 Å². The molecule has 0 atom stereocenters. The average Bonchev–Trinajstić information content (AvgIpc) is 2.32. The molecule has 0 bridgehead atoms. The van der Waals surface area contributed by atoms with Gasteiger partial charge in [-0.2, -0.15) is 0 Å². The number of rotatable bonds is 3. The fourth-order valence-corrected chi connectivity index (χ4v) is 1.86. The van der Waals surface area contributed by atoms with Crippen LogP contribution in [0.5, 0.6) is 5.75 Å². The summed E-state index contributed by atoms with van der Waals surface area (Å²) >= 11 is 0. The second-order valence-electron chi connectivity index (χ2n) is 4.02. The molecule has 2 rings (SSSR count). The van der Waals surface area contributed by atoms with Crippen LogP contribution in [0.1, 0.15) is 18.4 Å². The number of hydrogen-bond acceptors (Lipinski definition) is 3. The van der Waals surface area contributed by atoms with Gasteiger partial charge in [-0.1, -0.05) is 12.1 Å². The van der Waals surface area contributed by atoms with Crippen LogP contribution in [0.15, 0.2) is 18.2 Å². The smallest absolute Gasteiger partial charge is 0.165 e. The zero-order chi connectivity index (χ0) is 11.4. The van der Waals surface area contributed by atoms with Crippen molar-refractivity contribution in [2.45, 2.75) is 25.4 Å². The largest absolute Gasteiger partial charge is 0.505 e. The van der Waals surface area contributed by atoms with Crippen molar-refractivity contribution in [3.05, 3.63) is 29.6 Å². The van der Waals surface area contributed by atoms with Crippen LogP contribution in [0.3, 0.4) is 0 Å². The van der Waals surface area contributed by atoms with E-state index < -0.39 is 5.82 Å². The van der Waals surface area contributed by atoms with E-state index in [1.165, 1.54) is 6.07 Å². The molecule has 0 amide bonds. The highest BCUT2D eigenvalue weighted by molar-refractivity contribution is 5.33. The zero-order valence-electron chi connectivity index (χ0n) is 9.08. The molecule has 1 aromatic rings. The Hall–Kier alpha value is -1.13. The monoisotopic (exact) mass is 225 g/mol. The van der Waals surface area contributed by atoms with Gasteiger partial charge >= 0.3 is 0 Å². The van der Waals surface area contributed by atoms with Crippen LogP contribution in [-0.2, 0) is 11.3 Å². The Bertz CT molecular complexity index is 351. The van der Waals surface area contributed by atoms with Crippen molar-refractivity contribution < 1.29 is 14.2 Å². The molecule has 1 saturated heterocycles. The lowest BCUT2D eigenvalue weighted by Crippen LogP contribution is -2.34. The van der Waals surface area contributed by atoms with E-state index in [0.717, 1.165) is 26.1 Å². The first-order chi connectivity index (χ1) is 7.77. The first-order valence-corrected chi connectivity index (χ1v) is 5.55. The highest BCUT2D eigenvalue weighted by Crippen LogP contribution is 2.20. The van der Waals surface area contributed by atoms with Crippen LogP contribution in [0.2, 0.25) is 0 Å². The minimum atomic E-state index is -0.564. The molecule has 0 saturated carbocycles. The second kappa shape index (κ2) is 5.27. The van der Waals surface area contributed by atoms with Gasteiger partial charge in [-0.3, -0.25) is 0 Å². The topological polar surface area (TPSA) is 41.5 Å². The second-order valence-corrected chi connectivity index (χ2v) is 4.02. The first-order valence-electron chi connectivity index (χ1n) is 5.55. The van der Waals surface area contributed by atoms with E-state index in [4.69, 9.17) is 4.74 Å². The van der Waals surface area contributed by atoms with Gasteiger partial charge in [0.2, 0.25) is 0 Å². The number of aromatic hydroxyl groups is 1. The third kappa shape index (κ3) is 2.71. The minimum Gasteiger partial charge on any atom is -0.505 e. The average molecular weight is 225 g/mol. The maximum atomic E-state index is 13.0. The molecule has 88 valence electrons. The van der Waals surface area contributed by atoms with E-state index in [-0.39, 0.29) is 5.75 Å². The van der Waals surface area contributed by atoms with Crippen LogP contribution in [-0.4, -0.2) is 24.4 Å². The van der Waals surface area contributed by atoms with E-state index in [1.807, 2.05) is 0 Å². The summed E-state index contributed by atoms with van der Waals surface area (Å²) in [7, 11) is 0. The van der Waals surface area contributed by atoms with Crippen molar-refractivity contribution in [2.75, 3.05) is 13.2 Å². The SMILES string of the molecule is Oc1c(F)cccc1CNC1CCOCC1. The fraction of sp³-hybridized carbons (Fsp3) is 0.500. The van der Waals surface area contributed by atoms with Gasteiger partial charge in [-0.25, -0.2) is 4.39 Å². The Kier molecular flexibility index (Phi) is 3.74. The Balaban J connectivity index is 1.91. The molecule has 1 heterocycles. The summed E-state index contributed by atoms with van der Waals surface area (Å²) in [5, 5.41) is 12.8. The van der Waals surface area contributed by atoms with Crippen LogP contribution < -0.4 is 5.32 Å². The van der Waals surface area contributed by atoms with E-state index in [0.29, 0.717) is 18.2 Å². The van der Waals surface area contributed by atoms with Gasteiger partial charge in [-0.05, 0) is 18.9 Å². The Morgan fingerprint density at radius 2 is 2.12 bits per heavy atom.